The Hall–Kier alpha value is -2.18. The number of aromatic nitrogens is 1. The summed E-state index contributed by atoms with van der Waals surface area (Å²) in [7, 11) is 0. The van der Waals surface area contributed by atoms with E-state index in [1.54, 1.807) is 36.4 Å². The van der Waals surface area contributed by atoms with E-state index in [0.29, 0.717) is 16.4 Å². The average molecular weight is 434 g/mol. The maximum absolute atomic E-state index is 14.7. The second kappa shape index (κ2) is 6.85. The number of hydrogen-bond acceptors (Lipinski definition) is 2. The van der Waals surface area contributed by atoms with Crippen LogP contribution < -0.4 is 0 Å². The Balaban J connectivity index is 1.86. The number of halogens is 4. The van der Waals surface area contributed by atoms with E-state index < -0.39 is 23.0 Å². The van der Waals surface area contributed by atoms with E-state index in [2.05, 4.69) is 20.9 Å². The SMILES string of the molecule is Fc1cc(-c2ccc(CBr)cc2)c(F)c(F)c1-c1nc2ccccc2s1. The fraction of sp³-hybridized carbons (Fsp3) is 0.0500. The Kier molecular flexibility index (Phi) is 4.54. The summed E-state index contributed by atoms with van der Waals surface area (Å²) < 4.78 is 44.9. The van der Waals surface area contributed by atoms with Gasteiger partial charge in [-0.1, -0.05) is 52.3 Å². The smallest absolute Gasteiger partial charge is 0.172 e. The van der Waals surface area contributed by atoms with Crippen molar-refractivity contribution in [2.75, 3.05) is 0 Å². The van der Waals surface area contributed by atoms with Gasteiger partial charge >= 0.3 is 0 Å². The minimum absolute atomic E-state index is 0.106. The first-order valence-electron chi connectivity index (χ1n) is 7.77. The molecule has 26 heavy (non-hydrogen) atoms. The van der Waals surface area contributed by atoms with Gasteiger partial charge in [0.25, 0.3) is 0 Å². The molecular weight excluding hydrogens is 423 g/mol. The molecule has 0 spiro atoms. The largest absolute Gasteiger partial charge is 0.236 e. The van der Waals surface area contributed by atoms with Crippen molar-refractivity contribution in [1.29, 1.82) is 0 Å². The zero-order chi connectivity index (χ0) is 18.3. The Bertz CT molecular complexity index is 1070. The van der Waals surface area contributed by atoms with Gasteiger partial charge in [-0.15, -0.1) is 11.3 Å². The summed E-state index contributed by atoms with van der Waals surface area (Å²) in [6, 6.07) is 15.0. The molecule has 0 aliphatic carbocycles. The second-order valence-electron chi connectivity index (χ2n) is 5.73. The molecule has 6 heteroatoms. The van der Waals surface area contributed by atoms with Crippen molar-refractivity contribution in [1.82, 2.24) is 4.98 Å². The van der Waals surface area contributed by atoms with Crippen molar-refractivity contribution in [3.8, 4) is 21.7 Å². The lowest BCUT2D eigenvalue weighted by Crippen LogP contribution is -1.98. The van der Waals surface area contributed by atoms with Crippen molar-refractivity contribution >= 4 is 37.5 Å². The lowest BCUT2D eigenvalue weighted by atomic mass is 10.0. The van der Waals surface area contributed by atoms with Crippen molar-refractivity contribution in [2.45, 2.75) is 5.33 Å². The molecule has 0 radical (unpaired) electrons. The molecule has 0 fully saturated rings. The fourth-order valence-electron chi connectivity index (χ4n) is 2.75. The molecule has 0 aliphatic heterocycles. The Morgan fingerprint density at radius 2 is 1.65 bits per heavy atom. The third-order valence-electron chi connectivity index (χ3n) is 4.09. The van der Waals surface area contributed by atoms with Gasteiger partial charge in [-0.05, 0) is 29.3 Å². The van der Waals surface area contributed by atoms with Crippen LogP contribution in [-0.2, 0) is 5.33 Å². The minimum atomic E-state index is -1.22. The van der Waals surface area contributed by atoms with Gasteiger partial charge in [0.1, 0.15) is 10.8 Å². The summed E-state index contributed by atoms with van der Waals surface area (Å²) in [6.07, 6.45) is 0. The van der Waals surface area contributed by atoms with Crippen LogP contribution in [0.2, 0.25) is 0 Å². The molecule has 0 N–H and O–H groups in total. The molecule has 130 valence electrons. The zero-order valence-corrected chi connectivity index (χ0v) is 15.7. The molecule has 0 unspecified atom stereocenters. The van der Waals surface area contributed by atoms with Crippen LogP contribution in [0.5, 0.6) is 0 Å². The predicted molar refractivity (Wildman–Crippen MR) is 103 cm³/mol. The molecular formula is C20H11BrF3NS. The van der Waals surface area contributed by atoms with Crippen molar-refractivity contribution in [2.24, 2.45) is 0 Å². The Morgan fingerprint density at radius 3 is 2.35 bits per heavy atom. The summed E-state index contributed by atoms with van der Waals surface area (Å²) in [4.78, 5) is 4.24. The summed E-state index contributed by atoms with van der Waals surface area (Å²) >= 11 is 4.46. The third-order valence-corrected chi connectivity index (χ3v) is 5.79. The highest BCUT2D eigenvalue weighted by Crippen LogP contribution is 2.37. The summed E-state index contributed by atoms with van der Waals surface area (Å²) in [5.41, 5.74) is 1.50. The topological polar surface area (TPSA) is 12.9 Å². The monoisotopic (exact) mass is 433 g/mol. The Labute approximate surface area is 160 Å². The lowest BCUT2D eigenvalue weighted by Gasteiger charge is -2.09. The van der Waals surface area contributed by atoms with Gasteiger partial charge in [-0.2, -0.15) is 0 Å². The van der Waals surface area contributed by atoms with Gasteiger partial charge in [-0.25, -0.2) is 18.2 Å². The van der Waals surface area contributed by atoms with Crippen molar-refractivity contribution in [3.05, 3.63) is 77.6 Å². The average Bonchev–Trinajstić information content (AvgIpc) is 3.08. The van der Waals surface area contributed by atoms with Crippen LogP contribution in [0.1, 0.15) is 5.56 Å². The molecule has 1 nitrogen and oxygen atoms in total. The minimum Gasteiger partial charge on any atom is -0.236 e. The van der Waals surface area contributed by atoms with Crippen LogP contribution in [0.15, 0.2) is 54.6 Å². The summed E-state index contributed by atoms with van der Waals surface area (Å²) in [5, 5.41) is 0.774. The fourth-order valence-corrected chi connectivity index (χ4v) is 4.13. The number of hydrogen-bond donors (Lipinski definition) is 0. The van der Waals surface area contributed by atoms with E-state index in [9.17, 15) is 13.2 Å². The summed E-state index contributed by atoms with van der Waals surface area (Å²) in [6.45, 7) is 0. The van der Waals surface area contributed by atoms with E-state index in [0.717, 1.165) is 27.7 Å². The van der Waals surface area contributed by atoms with Crippen LogP contribution >= 0.6 is 27.3 Å². The molecule has 4 rings (SSSR count). The number of rotatable bonds is 3. The molecule has 3 aromatic carbocycles. The van der Waals surface area contributed by atoms with Crippen molar-refractivity contribution < 1.29 is 13.2 Å². The van der Waals surface area contributed by atoms with E-state index in [1.165, 1.54) is 0 Å². The van der Waals surface area contributed by atoms with Crippen LogP contribution in [-0.4, -0.2) is 4.98 Å². The first-order chi connectivity index (χ1) is 12.6. The lowest BCUT2D eigenvalue weighted by molar-refractivity contribution is 0.501. The van der Waals surface area contributed by atoms with E-state index in [1.807, 2.05) is 12.1 Å². The number of para-hydroxylation sites is 1. The highest BCUT2D eigenvalue weighted by molar-refractivity contribution is 9.08. The van der Waals surface area contributed by atoms with Crippen LogP contribution in [0.25, 0.3) is 31.9 Å². The van der Waals surface area contributed by atoms with Gasteiger partial charge in [-0.3, -0.25) is 0 Å². The molecule has 0 atom stereocenters. The van der Waals surface area contributed by atoms with E-state index >= 15 is 0 Å². The molecule has 0 saturated heterocycles. The quantitative estimate of drug-likeness (QED) is 0.251. The molecule has 1 heterocycles. The molecule has 1 aromatic heterocycles. The summed E-state index contributed by atoms with van der Waals surface area (Å²) in [5.74, 6) is -3.13. The predicted octanol–water partition coefficient (Wildman–Crippen LogP) is 6.94. The van der Waals surface area contributed by atoms with Gasteiger partial charge in [0.2, 0.25) is 0 Å². The Morgan fingerprint density at radius 1 is 0.923 bits per heavy atom. The van der Waals surface area contributed by atoms with Gasteiger partial charge in [0.15, 0.2) is 11.6 Å². The molecule has 0 bridgehead atoms. The van der Waals surface area contributed by atoms with Gasteiger partial charge < -0.3 is 0 Å². The standard InChI is InChI=1S/C20H11BrF3NS/c21-10-11-5-7-12(8-6-11)13-9-14(22)17(19(24)18(13)23)20-25-15-3-1-2-4-16(15)26-20/h1-9H,10H2. The van der Waals surface area contributed by atoms with E-state index in [4.69, 9.17) is 0 Å². The van der Waals surface area contributed by atoms with E-state index in [-0.39, 0.29) is 10.6 Å². The molecule has 0 amide bonds. The highest BCUT2D eigenvalue weighted by atomic mass is 79.9. The first-order valence-corrected chi connectivity index (χ1v) is 9.71. The van der Waals surface area contributed by atoms with Gasteiger partial charge in [0, 0.05) is 10.9 Å². The highest BCUT2D eigenvalue weighted by Gasteiger charge is 2.23. The first kappa shape index (κ1) is 17.2. The van der Waals surface area contributed by atoms with Gasteiger partial charge in [0.05, 0.1) is 15.8 Å². The van der Waals surface area contributed by atoms with Crippen LogP contribution in [0, 0.1) is 17.5 Å². The number of thiazole rings is 1. The number of alkyl halides is 1. The molecule has 0 saturated carbocycles. The van der Waals surface area contributed by atoms with Crippen molar-refractivity contribution in [3.63, 3.8) is 0 Å². The number of benzene rings is 3. The van der Waals surface area contributed by atoms with Crippen LogP contribution in [0.4, 0.5) is 13.2 Å². The maximum Gasteiger partial charge on any atom is 0.172 e. The number of nitrogens with zero attached hydrogens (tertiary/aromatic N) is 1. The van der Waals surface area contributed by atoms with Crippen LogP contribution in [0.3, 0.4) is 0 Å². The second-order valence-corrected chi connectivity index (χ2v) is 7.32. The molecule has 0 aliphatic rings. The third kappa shape index (κ3) is 2.93. The zero-order valence-electron chi connectivity index (χ0n) is 13.3. The normalized spacial score (nSPS) is 11.2. The molecule has 4 aromatic rings. The number of fused-ring (bicyclic) bond motifs is 1. The maximum atomic E-state index is 14.7.